The maximum atomic E-state index is 12.9. The minimum absolute atomic E-state index is 0.0595. The molecule has 1 amide bonds. The summed E-state index contributed by atoms with van der Waals surface area (Å²) in [6, 6.07) is 11.4. The molecule has 0 atom stereocenters. The van der Waals surface area contributed by atoms with Gasteiger partial charge in [-0.2, -0.15) is 0 Å². The Kier molecular flexibility index (Phi) is 5.36. The smallest absolute Gasteiger partial charge is 0.280 e. The molecule has 0 bridgehead atoms. The van der Waals surface area contributed by atoms with E-state index in [0.717, 1.165) is 25.3 Å². The van der Waals surface area contributed by atoms with Gasteiger partial charge in [-0.15, -0.1) is 0 Å². The van der Waals surface area contributed by atoms with Gasteiger partial charge in [0.25, 0.3) is 12.3 Å². The summed E-state index contributed by atoms with van der Waals surface area (Å²) < 4.78 is 25.8. The Bertz CT molecular complexity index is 729. The number of hydrogen-bond donors (Lipinski definition) is 0. The lowest BCUT2D eigenvalue weighted by Gasteiger charge is -2.32. The molecule has 0 spiro atoms. The molecule has 2 heterocycles. The Morgan fingerprint density at radius 1 is 1.20 bits per heavy atom. The van der Waals surface area contributed by atoms with Crippen molar-refractivity contribution in [3.05, 3.63) is 59.2 Å². The molecule has 3 rings (SSSR count). The van der Waals surface area contributed by atoms with Crippen LogP contribution in [0.4, 0.5) is 8.78 Å². The van der Waals surface area contributed by atoms with Gasteiger partial charge in [-0.25, -0.2) is 18.7 Å². The number of benzene rings is 1. The van der Waals surface area contributed by atoms with E-state index in [0.29, 0.717) is 19.0 Å². The number of alkyl halides is 2. The molecule has 1 saturated heterocycles. The first kappa shape index (κ1) is 17.5. The first-order valence-corrected chi connectivity index (χ1v) is 8.50. The van der Waals surface area contributed by atoms with E-state index in [4.69, 9.17) is 0 Å². The lowest BCUT2D eigenvalue weighted by molar-refractivity contribution is 0.0683. The summed E-state index contributed by atoms with van der Waals surface area (Å²) in [5.41, 5.74) is 0.972. The van der Waals surface area contributed by atoms with Crippen LogP contribution in [0.3, 0.4) is 0 Å². The molecule has 1 aromatic carbocycles. The van der Waals surface area contributed by atoms with Crippen molar-refractivity contribution in [3.8, 4) is 0 Å². The Balaban J connectivity index is 1.62. The number of aryl methyl sites for hydroxylation is 1. The number of aromatic nitrogens is 2. The third-order valence-electron chi connectivity index (χ3n) is 4.57. The van der Waals surface area contributed by atoms with Crippen molar-refractivity contribution in [1.29, 1.82) is 0 Å². The molecule has 25 heavy (non-hydrogen) atoms. The second kappa shape index (κ2) is 7.68. The first-order chi connectivity index (χ1) is 12.0. The van der Waals surface area contributed by atoms with Crippen LogP contribution in [-0.4, -0.2) is 33.9 Å². The Morgan fingerprint density at radius 2 is 1.88 bits per heavy atom. The van der Waals surface area contributed by atoms with Gasteiger partial charge < -0.3 is 4.90 Å². The van der Waals surface area contributed by atoms with Crippen molar-refractivity contribution in [2.24, 2.45) is 5.92 Å². The molecule has 132 valence electrons. The van der Waals surface area contributed by atoms with Gasteiger partial charge in [0, 0.05) is 13.1 Å². The highest BCUT2D eigenvalue weighted by molar-refractivity contribution is 5.92. The molecule has 0 unspecified atom stereocenters. The van der Waals surface area contributed by atoms with Gasteiger partial charge in [-0.05, 0) is 43.7 Å². The first-order valence-electron chi connectivity index (χ1n) is 8.50. The Hall–Kier alpha value is -2.37. The monoisotopic (exact) mass is 345 g/mol. The highest BCUT2D eigenvalue weighted by atomic mass is 19.3. The summed E-state index contributed by atoms with van der Waals surface area (Å²) in [5.74, 6) is 0.445. The minimum Gasteiger partial charge on any atom is -0.337 e. The maximum absolute atomic E-state index is 12.9. The van der Waals surface area contributed by atoms with Crippen LogP contribution in [0, 0.1) is 12.8 Å². The van der Waals surface area contributed by atoms with E-state index in [1.807, 2.05) is 18.2 Å². The lowest BCUT2D eigenvalue weighted by Crippen LogP contribution is -2.39. The summed E-state index contributed by atoms with van der Waals surface area (Å²) in [7, 11) is 0. The predicted molar refractivity (Wildman–Crippen MR) is 90.5 cm³/mol. The van der Waals surface area contributed by atoms with E-state index in [2.05, 4.69) is 22.1 Å². The second-order valence-electron chi connectivity index (χ2n) is 6.45. The van der Waals surface area contributed by atoms with Gasteiger partial charge in [-0.1, -0.05) is 30.3 Å². The van der Waals surface area contributed by atoms with Crippen LogP contribution in [0.5, 0.6) is 0 Å². The molecule has 1 aliphatic rings. The molecule has 1 fully saturated rings. The quantitative estimate of drug-likeness (QED) is 0.846. The van der Waals surface area contributed by atoms with Crippen molar-refractivity contribution >= 4 is 5.91 Å². The van der Waals surface area contributed by atoms with Crippen molar-refractivity contribution in [2.45, 2.75) is 32.6 Å². The average Bonchev–Trinajstić information content (AvgIpc) is 2.62. The zero-order valence-electron chi connectivity index (χ0n) is 14.2. The van der Waals surface area contributed by atoms with Crippen LogP contribution in [0.1, 0.15) is 46.8 Å². The van der Waals surface area contributed by atoms with E-state index >= 15 is 0 Å². The number of nitrogens with zero attached hydrogens (tertiary/aromatic N) is 3. The van der Waals surface area contributed by atoms with Crippen LogP contribution >= 0.6 is 0 Å². The van der Waals surface area contributed by atoms with Crippen molar-refractivity contribution in [1.82, 2.24) is 14.9 Å². The van der Waals surface area contributed by atoms with Gasteiger partial charge in [0.2, 0.25) is 0 Å². The largest absolute Gasteiger partial charge is 0.337 e. The fourth-order valence-electron chi connectivity index (χ4n) is 3.26. The fraction of sp³-hybridized carbons (Fsp3) is 0.421. The third kappa shape index (κ3) is 4.38. The number of halogens is 2. The predicted octanol–water partition coefficient (Wildman–Crippen LogP) is 3.82. The van der Waals surface area contributed by atoms with E-state index in [-0.39, 0.29) is 17.4 Å². The van der Waals surface area contributed by atoms with E-state index in [1.54, 1.807) is 4.90 Å². The van der Waals surface area contributed by atoms with Crippen molar-refractivity contribution < 1.29 is 13.6 Å². The molecule has 4 nitrogen and oxygen atoms in total. The summed E-state index contributed by atoms with van der Waals surface area (Å²) in [5, 5.41) is 0. The third-order valence-corrected chi connectivity index (χ3v) is 4.57. The van der Waals surface area contributed by atoms with Gasteiger partial charge in [0.1, 0.15) is 17.2 Å². The van der Waals surface area contributed by atoms with E-state index in [9.17, 15) is 13.6 Å². The molecular formula is C19H21F2N3O. The SMILES string of the molecule is Cc1nc(C(=O)N2CCC(Cc3ccccc3)CC2)cc(C(F)F)n1. The van der Waals surface area contributed by atoms with Crippen LogP contribution in [-0.2, 0) is 6.42 Å². The van der Waals surface area contributed by atoms with E-state index in [1.165, 1.54) is 12.5 Å². The number of carbonyl (C=O) groups excluding carboxylic acids is 1. The number of likely N-dealkylation sites (tertiary alicyclic amines) is 1. The molecule has 0 aliphatic carbocycles. The number of rotatable bonds is 4. The maximum Gasteiger partial charge on any atom is 0.280 e. The summed E-state index contributed by atoms with van der Waals surface area (Å²) >= 11 is 0. The summed E-state index contributed by atoms with van der Waals surface area (Å²) in [6.45, 7) is 2.78. The molecule has 0 N–H and O–H groups in total. The molecule has 0 saturated carbocycles. The Labute approximate surface area is 145 Å². The number of amides is 1. The fourth-order valence-corrected chi connectivity index (χ4v) is 3.26. The average molecular weight is 345 g/mol. The van der Waals surface area contributed by atoms with Gasteiger partial charge in [-0.3, -0.25) is 4.79 Å². The van der Waals surface area contributed by atoms with Crippen LogP contribution in [0.25, 0.3) is 0 Å². The normalized spacial score (nSPS) is 15.6. The number of piperidine rings is 1. The van der Waals surface area contributed by atoms with Crippen molar-refractivity contribution in [3.63, 3.8) is 0 Å². The zero-order chi connectivity index (χ0) is 17.8. The zero-order valence-corrected chi connectivity index (χ0v) is 14.2. The highest BCUT2D eigenvalue weighted by Gasteiger charge is 2.25. The molecule has 0 radical (unpaired) electrons. The number of carbonyl (C=O) groups is 1. The number of hydrogen-bond acceptors (Lipinski definition) is 3. The van der Waals surface area contributed by atoms with Gasteiger partial charge in [0.15, 0.2) is 0 Å². The molecule has 6 heteroatoms. The summed E-state index contributed by atoms with van der Waals surface area (Å²) in [4.78, 5) is 22.0. The molecular weight excluding hydrogens is 324 g/mol. The standard InChI is InChI=1S/C19H21F2N3O/c1-13-22-16(18(20)21)12-17(23-13)19(25)24-9-7-15(8-10-24)11-14-5-3-2-4-6-14/h2-6,12,15,18H,7-11H2,1H3. The van der Waals surface area contributed by atoms with E-state index < -0.39 is 12.1 Å². The van der Waals surface area contributed by atoms with Gasteiger partial charge >= 0.3 is 0 Å². The second-order valence-corrected chi connectivity index (χ2v) is 6.45. The van der Waals surface area contributed by atoms with Gasteiger partial charge in [0.05, 0.1) is 0 Å². The van der Waals surface area contributed by atoms with Crippen LogP contribution in [0.2, 0.25) is 0 Å². The Morgan fingerprint density at radius 3 is 2.52 bits per heavy atom. The molecule has 2 aromatic rings. The molecule has 1 aliphatic heterocycles. The van der Waals surface area contributed by atoms with Crippen LogP contribution in [0.15, 0.2) is 36.4 Å². The lowest BCUT2D eigenvalue weighted by atomic mass is 9.90. The minimum atomic E-state index is -2.70. The molecule has 1 aromatic heterocycles. The highest BCUT2D eigenvalue weighted by Crippen LogP contribution is 2.23. The van der Waals surface area contributed by atoms with Crippen molar-refractivity contribution in [2.75, 3.05) is 13.1 Å². The summed E-state index contributed by atoms with van der Waals surface area (Å²) in [6.07, 6.45) is 0.119. The topological polar surface area (TPSA) is 46.1 Å². The van der Waals surface area contributed by atoms with Crippen LogP contribution < -0.4 is 0 Å².